The van der Waals surface area contributed by atoms with Crippen LogP contribution in [-0.4, -0.2) is 89.9 Å². The zero-order chi connectivity index (χ0) is 31.1. The fourth-order valence-electron chi connectivity index (χ4n) is 6.65. The third kappa shape index (κ3) is 5.69. The number of halogens is 3. The lowest BCUT2D eigenvalue weighted by Crippen LogP contribution is -2.58. The minimum Gasteiger partial charge on any atom is -0.488 e. The van der Waals surface area contributed by atoms with Crippen molar-refractivity contribution in [2.45, 2.75) is 44.8 Å². The maximum absolute atomic E-state index is 15.3. The summed E-state index contributed by atoms with van der Waals surface area (Å²) in [5, 5.41) is 1.24. The maximum atomic E-state index is 15.3. The third-order valence-electron chi connectivity index (χ3n) is 8.91. The van der Waals surface area contributed by atoms with Crippen LogP contribution >= 0.6 is 23.2 Å². The molecule has 0 aliphatic carbocycles. The standard InChI is InChI=1S/C32H36Cl2FN5O4/c1-4-27(41)38-16-20(3)39(17-19(38)2)31-24-15-25(34)28(23-14-21(33)7-8-26(23)35)30-29(24)40(32(42)36-31)22(18-44-30)6-5-9-37-10-12-43-13-11-37/h4,7-8,14-15,19-20,22H,1,5-6,9-13,16-18H2,2-3H3/t19-,20+,22-/m1/s1. The molecule has 0 spiro atoms. The number of hydrogen-bond acceptors (Lipinski definition) is 7. The van der Waals surface area contributed by atoms with Crippen molar-refractivity contribution in [3.8, 4) is 16.9 Å². The van der Waals surface area contributed by atoms with Gasteiger partial charge in [-0.15, -0.1) is 0 Å². The van der Waals surface area contributed by atoms with Gasteiger partial charge in [0, 0.05) is 59.8 Å². The molecule has 0 unspecified atom stereocenters. The van der Waals surface area contributed by atoms with Crippen molar-refractivity contribution >= 4 is 45.8 Å². The molecule has 3 aromatic rings. The number of ether oxygens (including phenoxy) is 2. The molecule has 4 heterocycles. The molecular weight excluding hydrogens is 608 g/mol. The fourth-order valence-corrected chi connectivity index (χ4v) is 7.12. The van der Waals surface area contributed by atoms with Gasteiger partial charge in [0.15, 0.2) is 5.75 Å². The number of rotatable bonds is 7. The quantitative estimate of drug-likeness (QED) is 0.329. The zero-order valence-electron chi connectivity index (χ0n) is 24.9. The molecule has 6 rings (SSSR count). The molecule has 2 saturated heterocycles. The Kier molecular flexibility index (Phi) is 8.88. The predicted molar refractivity (Wildman–Crippen MR) is 171 cm³/mol. The Morgan fingerprint density at radius 2 is 1.93 bits per heavy atom. The van der Waals surface area contributed by atoms with Crippen LogP contribution in [-0.2, 0) is 9.53 Å². The van der Waals surface area contributed by atoms with E-state index in [9.17, 15) is 9.59 Å². The summed E-state index contributed by atoms with van der Waals surface area (Å²) in [6.07, 6.45) is 2.88. The molecule has 0 bridgehead atoms. The smallest absolute Gasteiger partial charge is 0.350 e. The van der Waals surface area contributed by atoms with Gasteiger partial charge in [-0.3, -0.25) is 14.3 Å². The van der Waals surface area contributed by atoms with Crippen LogP contribution in [0.5, 0.6) is 5.75 Å². The highest BCUT2D eigenvalue weighted by atomic mass is 35.5. The SMILES string of the molecule is C=CC(=O)N1C[C@H](C)N(c2nc(=O)n3c4c(c(-c5cc(Cl)ccc5F)c(Cl)cc24)OC[C@H]3CCCN2CCOCC2)C[C@H]1C. The van der Waals surface area contributed by atoms with Gasteiger partial charge in [0.2, 0.25) is 5.91 Å². The monoisotopic (exact) mass is 643 g/mol. The van der Waals surface area contributed by atoms with Crippen LogP contribution in [0.4, 0.5) is 10.2 Å². The Labute approximate surface area is 265 Å². The second-order valence-corrected chi connectivity index (χ2v) is 12.6. The van der Waals surface area contributed by atoms with Gasteiger partial charge < -0.3 is 19.3 Å². The van der Waals surface area contributed by atoms with E-state index < -0.39 is 11.5 Å². The van der Waals surface area contributed by atoms with Crippen LogP contribution < -0.4 is 15.3 Å². The number of aromatic nitrogens is 2. The number of piperazine rings is 1. The molecule has 234 valence electrons. The third-order valence-corrected chi connectivity index (χ3v) is 9.44. The molecule has 0 N–H and O–H groups in total. The van der Waals surface area contributed by atoms with Crippen molar-refractivity contribution in [2.75, 3.05) is 57.4 Å². The molecule has 2 fully saturated rings. The average Bonchev–Trinajstić information content (AvgIpc) is 3.01. The van der Waals surface area contributed by atoms with Gasteiger partial charge in [0.1, 0.15) is 18.2 Å². The number of anilines is 1. The van der Waals surface area contributed by atoms with E-state index in [0.717, 1.165) is 39.3 Å². The van der Waals surface area contributed by atoms with E-state index in [1.807, 2.05) is 18.7 Å². The highest BCUT2D eigenvalue weighted by Crippen LogP contribution is 2.48. The molecule has 1 amide bonds. The summed E-state index contributed by atoms with van der Waals surface area (Å²) in [7, 11) is 0. The Morgan fingerprint density at radius 3 is 2.68 bits per heavy atom. The van der Waals surface area contributed by atoms with E-state index >= 15 is 4.39 Å². The summed E-state index contributed by atoms with van der Waals surface area (Å²) in [6.45, 7) is 12.8. The number of nitrogens with zero attached hydrogens (tertiary/aromatic N) is 5. The van der Waals surface area contributed by atoms with E-state index in [-0.39, 0.29) is 41.2 Å². The van der Waals surface area contributed by atoms with Crippen molar-refractivity contribution in [3.05, 3.63) is 63.3 Å². The van der Waals surface area contributed by atoms with Crippen molar-refractivity contribution < 1.29 is 18.7 Å². The Morgan fingerprint density at radius 1 is 1.16 bits per heavy atom. The summed E-state index contributed by atoms with van der Waals surface area (Å²) < 4.78 is 28.8. The van der Waals surface area contributed by atoms with Gasteiger partial charge in [-0.05, 0) is 63.6 Å². The van der Waals surface area contributed by atoms with Crippen LogP contribution in [0.3, 0.4) is 0 Å². The average molecular weight is 645 g/mol. The number of amides is 1. The van der Waals surface area contributed by atoms with Gasteiger partial charge in [-0.25, -0.2) is 9.18 Å². The number of benzene rings is 2. The van der Waals surface area contributed by atoms with E-state index in [1.54, 1.807) is 15.5 Å². The van der Waals surface area contributed by atoms with Crippen molar-refractivity contribution in [3.63, 3.8) is 0 Å². The largest absolute Gasteiger partial charge is 0.488 e. The maximum Gasteiger partial charge on any atom is 0.350 e. The second kappa shape index (κ2) is 12.7. The molecule has 3 atom stereocenters. The lowest BCUT2D eigenvalue weighted by atomic mass is 9.98. The van der Waals surface area contributed by atoms with Gasteiger partial charge in [-0.2, -0.15) is 4.98 Å². The van der Waals surface area contributed by atoms with Crippen LogP contribution in [0.25, 0.3) is 22.0 Å². The molecule has 0 saturated carbocycles. The van der Waals surface area contributed by atoms with Crippen LogP contribution in [0.2, 0.25) is 10.0 Å². The van der Waals surface area contributed by atoms with Gasteiger partial charge in [-0.1, -0.05) is 29.8 Å². The lowest BCUT2D eigenvalue weighted by molar-refractivity contribution is -0.128. The second-order valence-electron chi connectivity index (χ2n) is 11.8. The molecule has 2 aromatic carbocycles. The fraction of sp³-hybridized carbons (Fsp3) is 0.469. The highest BCUT2D eigenvalue weighted by Gasteiger charge is 2.36. The van der Waals surface area contributed by atoms with E-state index in [0.29, 0.717) is 52.6 Å². The first-order chi connectivity index (χ1) is 21.2. The molecule has 12 heteroatoms. The Balaban J connectivity index is 1.47. The summed E-state index contributed by atoms with van der Waals surface area (Å²) in [5.41, 5.74) is 0.670. The van der Waals surface area contributed by atoms with Crippen molar-refractivity contribution in [1.29, 1.82) is 0 Å². The Hall–Kier alpha value is -3.18. The van der Waals surface area contributed by atoms with Crippen LogP contribution in [0.1, 0.15) is 32.7 Å². The topological polar surface area (TPSA) is 80.1 Å². The minimum atomic E-state index is -0.503. The highest BCUT2D eigenvalue weighted by molar-refractivity contribution is 6.35. The van der Waals surface area contributed by atoms with Gasteiger partial charge in [0.25, 0.3) is 0 Å². The van der Waals surface area contributed by atoms with Crippen LogP contribution in [0, 0.1) is 5.82 Å². The first kappa shape index (κ1) is 30.8. The molecule has 9 nitrogen and oxygen atoms in total. The van der Waals surface area contributed by atoms with E-state index in [1.165, 1.54) is 24.3 Å². The van der Waals surface area contributed by atoms with Crippen molar-refractivity contribution in [2.24, 2.45) is 0 Å². The lowest BCUT2D eigenvalue weighted by Gasteiger charge is -2.45. The van der Waals surface area contributed by atoms with Gasteiger partial charge >= 0.3 is 5.69 Å². The molecular formula is C32H36Cl2FN5O4. The molecule has 3 aliphatic rings. The number of hydrogen-bond donors (Lipinski definition) is 0. The summed E-state index contributed by atoms with van der Waals surface area (Å²) in [4.78, 5) is 37.3. The molecule has 3 aliphatic heterocycles. The minimum absolute atomic E-state index is 0.140. The van der Waals surface area contributed by atoms with E-state index in [2.05, 4.69) is 16.5 Å². The first-order valence-corrected chi connectivity index (χ1v) is 15.8. The Bertz CT molecular complexity index is 1660. The first-order valence-electron chi connectivity index (χ1n) is 15.0. The van der Waals surface area contributed by atoms with E-state index in [4.69, 9.17) is 32.7 Å². The summed E-state index contributed by atoms with van der Waals surface area (Å²) in [6, 6.07) is 5.46. The zero-order valence-corrected chi connectivity index (χ0v) is 26.4. The predicted octanol–water partition coefficient (Wildman–Crippen LogP) is 5.17. The molecule has 0 radical (unpaired) electrons. The normalized spacial score (nSPS) is 22.2. The molecule has 1 aromatic heterocycles. The number of carbonyl (C=O) groups is 1. The van der Waals surface area contributed by atoms with Crippen LogP contribution in [0.15, 0.2) is 41.7 Å². The summed E-state index contributed by atoms with van der Waals surface area (Å²) >= 11 is 13.2. The summed E-state index contributed by atoms with van der Waals surface area (Å²) in [5.74, 6) is 0.153. The van der Waals surface area contributed by atoms with Crippen molar-refractivity contribution in [1.82, 2.24) is 19.4 Å². The number of carbonyl (C=O) groups excluding carboxylic acids is 1. The number of morpholine rings is 1. The molecule has 44 heavy (non-hydrogen) atoms. The van der Waals surface area contributed by atoms with Gasteiger partial charge in [0.05, 0.1) is 29.8 Å².